The van der Waals surface area contributed by atoms with Crippen molar-refractivity contribution < 1.29 is 18.3 Å². The van der Waals surface area contributed by atoms with Gasteiger partial charge in [-0.3, -0.25) is 0 Å². The normalized spacial score (nSPS) is 11.2. The lowest BCUT2D eigenvalue weighted by Crippen LogP contribution is -2.24. The Morgan fingerprint density at radius 2 is 1.81 bits per heavy atom. The number of halogens is 3. The van der Waals surface area contributed by atoms with E-state index in [-0.39, 0.29) is 21.8 Å². The smallest absolute Gasteiger partial charge is 0.341 e. The molecule has 0 aliphatic rings. The molecule has 2 N–H and O–H groups in total. The number of rotatable bonds is 4. The molecule has 110 valence electrons. The minimum absolute atomic E-state index is 0.0584. The summed E-state index contributed by atoms with van der Waals surface area (Å²) in [6.07, 6.45) is 0. The molecule has 0 spiro atoms. The van der Waals surface area contributed by atoms with Crippen molar-refractivity contribution in [2.75, 3.05) is 12.3 Å². The molecular weight excluding hydrogens is 300 g/mol. The van der Waals surface area contributed by atoms with Crippen LogP contribution in [-0.2, 0) is 10.7 Å². The fourth-order valence-corrected chi connectivity index (χ4v) is 2.01. The molecule has 2 rings (SSSR count). The largest absolute Gasteiger partial charge is 0.455 e. The van der Waals surface area contributed by atoms with Crippen LogP contribution in [0.25, 0.3) is 0 Å². The Morgan fingerprint density at radius 3 is 2.43 bits per heavy atom. The van der Waals surface area contributed by atoms with Gasteiger partial charge in [0.1, 0.15) is 5.56 Å². The number of anilines is 1. The maximum atomic E-state index is 13.9. The van der Waals surface area contributed by atoms with Gasteiger partial charge in [0.25, 0.3) is 0 Å². The second kappa shape index (κ2) is 6.10. The molecule has 21 heavy (non-hydrogen) atoms. The fourth-order valence-electron chi connectivity index (χ4n) is 1.75. The second-order valence-corrected chi connectivity index (χ2v) is 4.76. The number of alkyl halides is 2. The lowest BCUT2D eigenvalue weighted by atomic mass is 10.1. The summed E-state index contributed by atoms with van der Waals surface area (Å²) in [5, 5.41) is 0.0584. The van der Waals surface area contributed by atoms with Crippen molar-refractivity contribution in [2.45, 2.75) is 5.92 Å². The van der Waals surface area contributed by atoms with Crippen LogP contribution in [0, 0.1) is 0 Å². The fraction of sp³-hybridized carbons (Fsp3) is 0.133. The van der Waals surface area contributed by atoms with Gasteiger partial charge in [0.05, 0.1) is 5.02 Å². The number of esters is 1. The molecule has 2 aromatic rings. The third kappa shape index (κ3) is 3.49. The quantitative estimate of drug-likeness (QED) is 0.689. The summed E-state index contributed by atoms with van der Waals surface area (Å²) in [5.74, 6) is -4.26. The number of hydrogen-bond acceptors (Lipinski definition) is 3. The zero-order valence-corrected chi connectivity index (χ0v) is 11.6. The minimum atomic E-state index is -3.28. The first kappa shape index (κ1) is 15.3. The molecular formula is C15H12ClF2NO2. The molecule has 2 aromatic carbocycles. The second-order valence-electron chi connectivity index (χ2n) is 4.35. The molecule has 0 aromatic heterocycles. The summed E-state index contributed by atoms with van der Waals surface area (Å²) in [5.41, 5.74) is 5.34. The third-order valence-electron chi connectivity index (χ3n) is 2.83. The first-order valence-electron chi connectivity index (χ1n) is 6.06. The van der Waals surface area contributed by atoms with Gasteiger partial charge in [-0.05, 0) is 12.1 Å². The van der Waals surface area contributed by atoms with Crippen LogP contribution < -0.4 is 5.73 Å². The molecule has 0 saturated heterocycles. The molecule has 0 fully saturated rings. The van der Waals surface area contributed by atoms with Crippen LogP contribution in [0.15, 0.2) is 48.5 Å². The number of benzene rings is 2. The molecule has 0 unspecified atom stereocenters. The van der Waals surface area contributed by atoms with E-state index in [1.165, 1.54) is 36.4 Å². The standard InChI is InChI=1S/C15H12ClF2NO2/c16-11-7-4-8-12(19)13(11)14(20)21-9-15(17,18)10-5-2-1-3-6-10/h1-8H,9,19H2. The molecule has 0 amide bonds. The molecule has 0 aliphatic heterocycles. The summed E-state index contributed by atoms with van der Waals surface area (Å²) in [6.45, 7) is -1.08. The van der Waals surface area contributed by atoms with Gasteiger partial charge >= 0.3 is 11.9 Å². The first-order chi connectivity index (χ1) is 9.92. The van der Waals surface area contributed by atoms with Crippen molar-refractivity contribution in [3.63, 3.8) is 0 Å². The van der Waals surface area contributed by atoms with E-state index >= 15 is 0 Å². The Morgan fingerprint density at radius 1 is 1.14 bits per heavy atom. The van der Waals surface area contributed by atoms with Crippen molar-refractivity contribution in [1.82, 2.24) is 0 Å². The van der Waals surface area contributed by atoms with E-state index in [1.54, 1.807) is 12.1 Å². The number of carbonyl (C=O) groups excluding carboxylic acids is 1. The van der Waals surface area contributed by atoms with Crippen molar-refractivity contribution >= 4 is 23.3 Å². The van der Waals surface area contributed by atoms with E-state index < -0.39 is 18.5 Å². The van der Waals surface area contributed by atoms with E-state index in [0.717, 1.165) is 0 Å². The lowest BCUT2D eigenvalue weighted by Gasteiger charge is -2.17. The van der Waals surface area contributed by atoms with E-state index in [2.05, 4.69) is 4.74 Å². The molecule has 0 radical (unpaired) electrons. The Kier molecular flexibility index (Phi) is 4.43. The van der Waals surface area contributed by atoms with Crippen LogP contribution in [0.4, 0.5) is 14.5 Å². The Bertz CT molecular complexity index is 627. The maximum Gasteiger partial charge on any atom is 0.341 e. The van der Waals surface area contributed by atoms with Crippen LogP contribution in [0.1, 0.15) is 15.9 Å². The molecule has 0 saturated carbocycles. The first-order valence-corrected chi connectivity index (χ1v) is 6.44. The van der Waals surface area contributed by atoms with E-state index in [4.69, 9.17) is 17.3 Å². The molecule has 0 aliphatic carbocycles. The molecule has 0 heterocycles. The Hall–Kier alpha value is -2.14. The average Bonchev–Trinajstić information content (AvgIpc) is 2.46. The summed E-state index contributed by atoms with van der Waals surface area (Å²) in [7, 11) is 0. The van der Waals surface area contributed by atoms with E-state index in [9.17, 15) is 13.6 Å². The maximum absolute atomic E-state index is 13.9. The zero-order chi connectivity index (χ0) is 15.5. The van der Waals surface area contributed by atoms with Gasteiger partial charge in [-0.15, -0.1) is 0 Å². The summed E-state index contributed by atoms with van der Waals surface area (Å²) in [4.78, 5) is 11.8. The van der Waals surface area contributed by atoms with Crippen LogP contribution in [0.2, 0.25) is 5.02 Å². The van der Waals surface area contributed by atoms with E-state index in [1.807, 2.05) is 0 Å². The van der Waals surface area contributed by atoms with Crippen LogP contribution in [0.3, 0.4) is 0 Å². The van der Waals surface area contributed by atoms with E-state index in [0.29, 0.717) is 0 Å². The molecule has 0 atom stereocenters. The highest BCUT2D eigenvalue weighted by Crippen LogP contribution is 2.29. The topological polar surface area (TPSA) is 52.3 Å². The molecule has 6 heteroatoms. The number of ether oxygens (including phenoxy) is 1. The number of hydrogen-bond donors (Lipinski definition) is 1. The van der Waals surface area contributed by atoms with Crippen molar-refractivity contribution in [3.05, 3.63) is 64.7 Å². The highest BCUT2D eigenvalue weighted by Gasteiger charge is 2.33. The van der Waals surface area contributed by atoms with Gasteiger partial charge in [-0.1, -0.05) is 48.0 Å². The van der Waals surface area contributed by atoms with Crippen LogP contribution >= 0.6 is 11.6 Å². The molecule has 0 bridgehead atoms. The minimum Gasteiger partial charge on any atom is -0.455 e. The van der Waals surface area contributed by atoms with Gasteiger partial charge in [0, 0.05) is 11.3 Å². The predicted octanol–water partition coefficient (Wildman–Crippen LogP) is 3.87. The third-order valence-corrected chi connectivity index (χ3v) is 3.15. The Balaban J connectivity index is 2.11. The van der Waals surface area contributed by atoms with Gasteiger partial charge in [0.2, 0.25) is 0 Å². The predicted molar refractivity (Wildman–Crippen MR) is 76.5 cm³/mol. The summed E-state index contributed by atoms with van der Waals surface area (Å²) >= 11 is 5.82. The number of nitrogens with two attached hydrogens (primary N) is 1. The van der Waals surface area contributed by atoms with Crippen molar-refractivity contribution in [3.8, 4) is 0 Å². The zero-order valence-electron chi connectivity index (χ0n) is 10.9. The van der Waals surface area contributed by atoms with Gasteiger partial charge in [-0.2, -0.15) is 8.78 Å². The highest BCUT2D eigenvalue weighted by atomic mass is 35.5. The number of nitrogen functional groups attached to an aromatic ring is 1. The average molecular weight is 312 g/mol. The van der Waals surface area contributed by atoms with Crippen LogP contribution in [-0.4, -0.2) is 12.6 Å². The summed E-state index contributed by atoms with van der Waals surface area (Å²) in [6, 6.07) is 11.5. The van der Waals surface area contributed by atoms with Gasteiger partial charge < -0.3 is 10.5 Å². The summed E-state index contributed by atoms with van der Waals surface area (Å²) < 4.78 is 32.4. The number of carbonyl (C=O) groups is 1. The lowest BCUT2D eigenvalue weighted by molar-refractivity contribution is -0.0661. The van der Waals surface area contributed by atoms with Gasteiger partial charge in [0.15, 0.2) is 6.61 Å². The van der Waals surface area contributed by atoms with Crippen molar-refractivity contribution in [1.29, 1.82) is 0 Å². The van der Waals surface area contributed by atoms with Gasteiger partial charge in [-0.25, -0.2) is 4.79 Å². The SMILES string of the molecule is Nc1cccc(Cl)c1C(=O)OCC(F)(F)c1ccccc1. The monoisotopic (exact) mass is 311 g/mol. The highest BCUT2D eigenvalue weighted by molar-refractivity contribution is 6.34. The molecule has 3 nitrogen and oxygen atoms in total. The van der Waals surface area contributed by atoms with Crippen molar-refractivity contribution in [2.24, 2.45) is 0 Å². The Labute approximate surface area is 125 Å². The van der Waals surface area contributed by atoms with Crippen LogP contribution in [0.5, 0.6) is 0 Å².